The molecule has 0 aromatic heterocycles. The first-order valence-corrected chi connectivity index (χ1v) is 6.80. The highest BCUT2D eigenvalue weighted by Gasteiger charge is 2.03. The van der Waals surface area contributed by atoms with Gasteiger partial charge in [-0.25, -0.2) is 5.01 Å². The van der Waals surface area contributed by atoms with E-state index in [0.717, 1.165) is 13.1 Å². The Bertz CT molecular complexity index is 153. The Kier molecular flexibility index (Phi) is 10.9. The van der Waals surface area contributed by atoms with Crippen LogP contribution in [-0.4, -0.2) is 22.4 Å². The zero-order valence-electron chi connectivity index (χ0n) is 9.96. The summed E-state index contributed by atoms with van der Waals surface area (Å²) < 4.78 is 0.572. The van der Waals surface area contributed by atoms with Gasteiger partial charge >= 0.3 is 0 Å². The molecule has 0 unspecified atom stereocenters. The van der Waals surface area contributed by atoms with Crippen molar-refractivity contribution in [3.05, 3.63) is 0 Å². The second kappa shape index (κ2) is 10.7. The first kappa shape index (κ1) is 15.2. The van der Waals surface area contributed by atoms with E-state index >= 15 is 0 Å². The number of rotatable bonds is 9. The summed E-state index contributed by atoms with van der Waals surface area (Å²) in [5.74, 6) is 0. The van der Waals surface area contributed by atoms with Crippen molar-refractivity contribution in [1.29, 1.82) is 0 Å². The molecule has 0 amide bonds. The molecule has 0 aliphatic heterocycles. The van der Waals surface area contributed by atoms with Crippen molar-refractivity contribution in [3.63, 3.8) is 0 Å². The minimum absolute atomic E-state index is 0.572. The molecule has 0 aliphatic rings. The molecule has 15 heavy (non-hydrogen) atoms. The van der Waals surface area contributed by atoms with Crippen LogP contribution in [0.25, 0.3) is 0 Å². The molecule has 0 aliphatic carbocycles. The molecule has 4 heteroatoms. The van der Waals surface area contributed by atoms with Gasteiger partial charge in [-0.1, -0.05) is 51.7 Å². The van der Waals surface area contributed by atoms with Gasteiger partial charge in [-0.05, 0) is 12.8 Å². The highest BCUT2D eigenvalue weighted by molar-refractivity contribution is 8.11. The Morgan fingerprint density at radius 3 is 1.87 bits per heavy atom. The fourth-order valence-corrected chi connectivity index (χ4v) is 1.73. The predicted octanol–water partition coefficient (Wildman–Crippen LogP) is 3.39. The minimum Gasteiger partial charge on any atom is -0.304 e. The van der Waals surface area contributed by atoms with E-state index in [9.17, 15) is 0 Å². The Morgan fingerprint density at radius 1 is 1.07 bits per heavy atom. The second-order valence-electron chi connectivity index (χ2n) is 3.82. The van der Waals surface area contributed by atoms with Crippen LogP contribution >= 0.6 is 24.8 Å². The molecule has 0 heterocycles. The molecule has 0 rings (SSSR count). The molecular weight excluding hydrogens is 224 g/mol. The second-order valence-corrected chi connectivity index (χ2v) is 4.98. The van der Waals surface area contributed by atoms with E-state index < -0.39 is 0 Å². The van der Waals surface area contributed by atoms with E-state index in [2.05, 4.69) is 36.9 Å². The number of unbranched alkanes of at least 4 members (excludes halogenated alkanes) is 4. The molecule has 0 atom stereocenters. The van der Waals surface area contributed by atoms with Crippen LogP contribution in [-0.2, 0) is 0 Å². The van der Waals surface area contributed by atoms with Gasteiger partial charge in [-0.15, -0.1) is 12.6 Å². The summed E-state index contributed by atoms with van der Waals surface area (Å²) in [6, 6.07) is 0. The largest absolute Gasteiger partial charge is 0.304 e. The summed E-state index contributed by atoms with van der Waals surface area (Å²) >= 11 is 9.05. The van der Waals surface area contributed by atoms with Crippen molar-refractivity contribution in [2.45, 2.75) is 52.4 Å². The van der Waals surface area contributed by atoms with E-state index in [-0.39, 0.29) is 0 Å². The van der Waals surface area contributed by atoms with Crippen molar-refractivity contribution in [2.75, 3.05) is 13.1 Å². The lowest BCUT2D eigenvalue weighted by molar-refractivity contribution is 0.228. The van der Waals surface area contributed by atoms with Crippen LogP contribution in [0.4, 0.5) is 0 Å². The molecule has 0 spiro atoms. The maximum absolute atomic E-state index is 4.94. The number of nitrogens with zero attached hydrogens (tertiary/aromatic N) is 1. The molecule has 0 radical (unpaired) electrons. The van der Waals surface area contributed by atoms with Crippen LogP contribution in [0.3, 0.4) is 0 Å². The van der Waals surface area contributed by atoms with E-state index in [1.807, 2.05) is 0 Å². The molecule has 90 valence electrons. The number of hydrogen-bond acceptors (Lipinski definition) is 2. The average molecular weight is 248 g/mol. The van der Waals surface area contributed by atoms with Crippen LogP contribution < -0.4 is 5.43 Å². The van der Waals surface area contributed by atoms with Crippen molar-refractivity contribution in [3.8, 4) is 0 Å². The standard InChI is InChI=1S/C11H24N2S2/c1-3-5-7-9-13(12-11(14)15)10-8-6-4-2/h3-10H2,1-2H3,(H2,12,14,15). The van der Waals surface area contributed by atoms with Crippen LogP contribution in [0, 0.1) is 0 Å². The molecule has 2 nitrogen and oxygen atoms in total. The van der Waals surface area contributed by atoms with Gasteiger partial charge in [-0.3, -0.25) is 0 Å². The van der Waals surface area contributed by atoms with Gasteiger partial charge in [0.1, 0.15) is 4.32 Å². The summed E-state index contributed by atoms with van der Waals surface area (Å²) in [5, 5.41) is 2.20. The molecule has 0 aromatic rings. The smallest absolute Gasteiger partial charge is 0.145 e. The number of hydrazine groups is 1. The van der Waals surface area contributed by atoms with Crippen molar-refractivity contribution in [2.24, 2.45) is 0 Å². The van der Waals surface area contributed by atoms with E-state index in [1.54, 1.807) is 0 Å². The van der Waals surface area contributed by atoms with Crippen molar-refractivity contribution < 1.29 is 0 Å². The molecule has 0 bridgehead atoms. The van der Waals surface area contributed by atoms with Crippen molar-refractivity contribution >= 4 is 29.2 Å². The van der Waals surface area contributed by atoms with Gasteiger partial charge in [-0.2, -0.15) is 0 Å². The number of hydrogen-bond donors (Lipinski definition) is 2. The van der Waals surface area contributed by atoms with Crippen LogP contribution in [0.2, 0.25) is 0 Å². The zero-order valence-corrected chi connectivity index (χ0v) is 11.7. The van der Waals surface area contributed by atoms with E-state index in [1.165, 1.54) is 38.5 Å². The lowest BCUT2D eigenvalue weighted by Gasteiger charge is -2.23. The Morgan fingerprint density at radius 2 is 1.53 bits per heavy atom. The van der Waals surface area contributed by atoms with Gasteiger partial charge in [0, 0.05) is 13.1 Å². The Hall–Kier alpha value is 0.200. The Labute approximate surface area is 105 Å². The molecule has 0 saturated heterocycles. The number of nitrogens with one attached hydrogen (secondary N) is 1. The summed E-state index contributed by atoms with van der Waals surface area (Å²) in [5.41, 5.74) is 3.13. The zero-order chi connectivity index (χ0) is 11.5. The average Bonchev–Trinajstić information content (AvgIpc) is 2.17. The molecule has 0 saturated carbocycles. The fourth-order valence-electron chi connectivity index (χ4n) is 1.46. The highest BCUT2D eigenvalue weighted by atomic mass is 32.1. The summed E-state index contributed by atoms with van der Waals surface area (Å²) in [4.78, 5) is 0. The Balaban J connectivity index is 3.68. The molecular formula is C11H24N2S2. The van der Waals surface area contributed by atoms with Crippen molar-refractivity contribution in [1.82, 2.24) is 10.4 Å². The molecule has 0 aromatic carbocycles. The lowest BCUT2D eigenvalue weighted by atomic mass is 10.2. The molecule has 1 N–H and O–H groups in total. The third-order valence-corrected chi connectivity index (χ3v) is 2.51. The summed E-state index contributed by atoms with van der Waals surface area (Å²) in [6.07, 6.45) is 7.54. The first-order valence-electron chi connectivity index (χ1n) is 5.95. The predicted molar refractivity (Wildman–Crippen MR) is 75.3 cm³/mol. The van der Waals surface area contributed by atoms with E-state index in [4.69, 9.17) is 12.2 Å². The van der Waals surface area contributed by atoms with Gasteiger partial charge in [0.25, 0.3) is 0 Å². The topological polar surface area (TPSA) is 15.3 Å². The maximum Gasteiger partial charge on any atom is 0.145 e. The summed E-state index contributed by atoms with van der Waals surface area (Å²) in [6.45, 7) is 6.58. The monoisotopic (exact) mass is 248 g/mol. The van der Waals surface area contributed by atoms with Gasteiger partial charge in [0.15, 0.2) is 0 Å². The molecule has 0 fully saturated rings. The van der Waals surface area contributed by atoms with Crippen LogP contribution in [0.1, 0.15) is 52.4 Å². The van der Waals surface area contributed by atoms with Gasteiger partial charge < -0.3 is 5.43 Å². The maximum atomic E-state index is 4.94. The third-order valence-electron chi connectivity index (χ3n) is 2.32. The lowest BCUT2D eigenvalue weighted by Crippen LogP contribution is -2.40. The SMILES string of the molecule is CCCCCN(CCCCC)NC(=S)S. The van der Waals surface area contributed by atoms with Crippen LogP contribution in [0.5, 0.6) is 0 Å². The normalized spacial score (nSPS) is 10.7. The third kappa shape index (κ3) is 10.5. The van der Waals surface area contributed by atoms with E-state index in [0.29, 0.717) is 4.32 Å². The highest BCUT2D eigenvalue weighted by Crippen LogP contribution is 2.01. The quantitative estimate of drug-likeness (QED) is 0.282. The van der Waals surface area contributed by atoms with Gasteiger partial charge in [0.05, 0.1) is 0 Å². The number of thiol groups is 1. The van der Waals surface area contributed by atoms with Gasteiger partial charge in [0.2, 0.25) is 0 Å². The minimum atomic E-state index is 0.572. The number of thiocarbonyl (C=S) groups is 1. The summed E-state index contributed by atoms with van der Waals surface area (Å²) in [7, 11) is 0. The van der Waals surface area contributed by atoms with Crippen LogP contribution in [0.15, 0.2) is 0 Å². The first-order chi connectivity index (χ1) is 7.20. The fraction of sp³-hybridized carbons (Fsp3) is 0.909.